The maximum absolute atomic E-state index is 4.53. The van der Waals surface area contributed by atoms with Gasteiger partial charge in [0, 0.05) is 23.9 Å². The fourth-order valence-corrected chi connectivity index (χ4v) is 1.94. The molecule has 1 aromatic heterocycles. The Balaban J connectivity index is 2.68. The smallest absolute Gasteiger partial charge is 0.125 e. The molecule has 1 heterocycles. The van der Waals surface area contributed by atoms with E-state index in [9.17, 15) is 0 Å². The zero-order valence-corrected chi connectivity index (χ0v) is 11.6. The molecule has 0 aliphatic rings. The lowest BCUT2D eigenvalue weighted by Crippen LogP contribution is -2.31. The summed E-state index contributed by atoms with van der Waals surface area (Å²) >= 11 is 0. The van der Waals surface area contributed by atoms with E-state index in [1.54, 1.807) is 0 Å². The third kappa shape index (κ3) is 4.82. The molecule has 1 rings (SSSR count). The number of nitrogens with one attached hydrogen (secondary N) is 1. The monoisotopic (exact) mass is 235 g/mol. The number of hydrogen-bond donors (Lipinski definition) is 1. The summed E-state index contributed by atoms with van der Waals surface area (Å²) in [4.78, 5) is 8.94. The highest BCUT2D eigenvalue weighted by molar-refractivity contribution is 5.12. The molecule has 1 unspecified atom stereocenters. The van der Waals surface area contributed by atoms with Crippen LogP contribution in [0.4, 0.5) is 0 Å². The Morgan fingerprint density at radius 1 is 1.18 bits per heavy atom. The van der Waals surface area contributed by atoms with Gasteiger partial charge in [0.2, 0.25) is 0 Å². The molecular formula is C14H25N3. The van der Waals surface area contributed by atoms with Gasteiger partial charge in [-0.05, 0) is 38.8 Å². The van der Waals surface area contributed by atoms with Gasteiger partial charge < -0.3 is 5.32 Å². The van der Waals surface area contributed by atoms with Crippen LogP contribution in [-0.2, 0) is 12.8 Å². The Kier molecular flexibility index (Phi) is 6.12. The van der Waals surface area contributed by atoms with Crippen LogP contribution in [0.1, 0.15) is 50.8 Å². The molecule has 17 heavy (non-hydrogen) atoms. The largest absolute Gasteiger partial charge is 0.314 e. The Morgan fingerprint density at radius 3 is 2.47 bits per heavy atom. The van der Waals surface area contributed by atoms with Gasteiger partial charge in [-0.15, -0.1) is 0 Å². The van der Waals surface area contributed by atoms with Crippen molar-refractivity contribution in [3.63, 3.8) is 0 Å². The van der Waals surface area contributed by atoms with E-state index < -0.39 is 0 Å². The molecule has 0 aliphatic carbocycles. The lowest BCUT2D eigenvalue weighted by atomic mass is 10.1. The molecular weight excluding hydrogens is 210 g/mol. The zero-order valence-electron chi connectivity index (χ0n) is 11.6. The van der Waals surface area contributed by atoms with E-state index in [0.717, 1.165) is 37.3 Å². The summed E-state index contributed by atoms with van der Waals surface area (Å²) in [6, 6.07) is 2.68. The number of nitrogens with zero attached hydrogens (tertiary/aromatic N) is 2. The number of hydrogen-bond acceptors (Lipinski definition) is 3. The van der Waals surface area contributed by atoms with Crippen LogP contribution in [0.2, 0.25) is 0 Å². The summed E-state index contributed by atoms with van der Waals surface area (Å²) < 4.78 is 0. The van der Waals surface area contributed by atoms with Crippen LogP contribution in [0, 0.1) is 6.92 Å². The molecule has 1 aromatic rings. The predicted octanol–water partition coefficient (Wildman–Crippen LogP) is 2.67. The molecule has 0 spiro atoms. The summed E-state index contributed by atoms with van der Waals surface area (Å²) in [6.07, 6.45) is 4.31. The van der Waals surface area contributed by atoms with Crippen LogP contribution >= 0.6 is 0 Å². The normalized spacial score (nSPS) is 12.7. The van der Waals surface area contributed by atoms with E-state index in [1.807, 2.05) is 6.92 Å². The lowest BCUT2D eigenvalue weighted by Gasteiger charge is -2.16. The molecule has 0 saturated heterocycles. The first-order chi connectivity index (χ1) is 8.19. The van der Waals surface area contributed by atoms with Crippen molar-refractivity contribution in [1.29, 1.82) is 0 Å². The second-order valence-electron chi connectivity index (χ2n) is 4.51. The minimum absolute atomic E-state index is 0.536. The molecule has 1 atom stereocenters. The van der Waals surface area contributed by atoms with Gasteiger partial charge in [0.15, 0.2) is 0 Å². The van der Waals surface area contributed by atoms with Crippen molar-refractivity contribution in [1.82, 2.24) is 15.3 Å². The highest BCUT2D eigenvalue weighted by Gasteiger charge is 2.08. The zero-order chi connectivity index (χ0) is 12.7. The van der Waals surface area contributed by atoms with Crippen LogP contribution in [0.15, 0.2) is 6.07 Å². The van der Waals surface area contributed by atoms with Crippen LogP contribution in [0.5, 0.6) is 0 Å². The molecule has 0 radical (unpaired) electrons. The fraction of sp³-hybridized carbons (Fsp3) is 0.714. The lowest BCUT2D eigenvalue weighted by molar-refractivity contribution is 0.489. The van der Waals surface area contributed by atoms with Gasteiger partial charge in [-0.1, -0.05) is 20.8 Å². The van der Waals surface area contributed by atoms with Crippen LogP contribution in [0.3, 0.4) is 0 Å². The first-order valence-electron chi connectivity index (χ1n) is 6.76. The Bertz CT molecular complexity index is 336. The van der Waals surface area contributed by atoms with Crippen molar-refractivity contribution in [2.45, 2.75) is 59.4 Å². The molecule has 3 nitrogen and oxygen atoms in total. The Morgan fingerprint density at radius 2 is 1.88 bits per heavy atom. The second-order valence-corrected chi connectivity index (χ2v) is 4.51. The maximum atomic E-state index is 4.53. The summed E-state index contributed by atoms with van der Waals surface area (Å²) in [5.74, 6) is 0.893. The van der Waals surface area contributed by atoms with E-state index in [-0.39, 0.29) is 0 Å². The summed E-state index contributed by atoms with van der Waals surface area (Å²) in [6.45, 7) is 9.62. The standard InChI is InChI=1S/C14H25N3/c1-5-8-15-12(6-2)9-14-10-13(7-3)16-11(4)17-14/h10,12,15H,5-9H2,1-4H3. The van der Waals surface area contributed by atoms with Gasteiger partial charge in [-0.2, -0.15) is 0 Å². The second kappa shape index (κ2) is 7.38. The van der Waals surface area contributed by atoms with Crippen LogP contribution in [-0.4, -0.2) is 22.6 Å². The topological polar surface area (TPSA) is 37.8 Å². The first-order valence-corrected chi connectivity index (χ1v) is 6.76. The highest BCUT2D eigenvalue weighted by Crippen LogP contribution is 2.07. The molecule has 0 aromatic carbocycles. The minimum Gasteiger partial charge on any atom is -0.314 e. The quantitative estimate of drug-likeness (QED) is 0.789. The molecule has 0 bridgehead atoms. The number of aromatic nitrogens is 2. The van der Waals surface area contributed by atoms with Crippen molar-refractivity contribution < 1.29 is 0 Å². The SMILES string of the molecule is CCCNC(CC)Cc1cc(CC)nc(C)n1. The van der Waals surface area contributed by atoms with E-state index in [1.165, 1.54) is 12.1 Å². The molecule has 3 heteroatoms. The Labute approximate surface area is 105 Å². The highest BCUT2D eigenvalue weighted by atomic mass is 14.9. The van der Waals surface area contributed by atoms with E-state index >= 15 is 0 Å². The first kappa shape index (κ1) is 14.1. The van der Waals surface area contributed by atoms with Gasteiger partial charge in [-0.25, -0.2) is 9.97 Å². The van der Waals surface area contributed by atoms with Crippen molar-refractivity contribution in [2.75, 3.05) is 6.54 Å². The van der Waals surface area contributed by atoms with E-state index in [2.05, 4.69) is 42.1 Å². The molecule has 1 N–H and O–H groups in total. The van der Waals surface area contributed by atoms with Gasteiger partial charge in [0.25, 0.3) is 0 Å². The number of aryl methyl sites for hydroxylation is 2. The predicted molar refractivity (Wildman–Crippen MR) is 72.2 cm³/mol. The third-order valence-electron chi connectivity index (χ3n) is 2.94. The summed E-state index contributed by atoms with van der Waals surface area (Å²) in [7, 11) is 0. The van der Waals surface area contributed by atoms with E-state index in [0.29, 0.717) is 6.04 Å². The van der Waals surface area contributed by atoms with Crippen molar-refractivity contribution in [3.8, 4) is 0 Å². The summed E-state index contributed by atoms with van der Waals surface area (Å²) in [5.41, 5.74) is 2.32. The van der Waals surface area contributed by atoms with Gasteiger partial charge in [0.05, 0.1) is 0 Å². The minimum atomic E-state index is 0.536. The third-order valence-corrected chi connectivity index (χ3v) is 2.94. The molecule has 0 fully saturated rings. The average Bonchev–Trinajstić information content (AvgIpc) is 2.33. The molecule has 0 saturated carbocycles. The summed E-state index contributed by atoms with van der Waals surface area (Å²) in [5, 5.41) is 3.56. The van der Waals surface area contributed by atoms with Crippen molar-refractivity contribution >= 4 is 0 Å². The van der Waals surface area contributed by atoms with Gasteiger partial charge in [0.1, 0.15) is 5.82 Å². The molecule has 0 aliphatic heterocycles. The average molecular weight is 235 g/mol. The van der Waals surface area contributed by atoms with Crippen LogP contribution < -0.4 is 5.32 Å². The molecule has 96 valence electrons. The van der Waals surface area contributed by atoms with E-state index in [4.69, 9.17) is 0 Å². The Hall–Kier alpha value is -0.960. The van der Waals surface area contributed by atoms with Crippen molar-refractivity contribution in [3.05, 3.63) is 23.3 Å². The molecule has 0 amide bonds. The maximum Gasteiger partial charge on any atom is 0.125 e. The van der Waals surface area contributed by atoms with Gasteiger partial charge in [-0.3, -0.25) is 0 Å². The fourth-order valence-electron chi connectivity index (χ4n) is 1.94. The van der Waals surface area contributed by atoms with Gasteiger partial charge >= 0.3 is 0 Å². The number of rotatable bonds is 7. The van der Waals surface area contributed by atoms with Crippen LogP contribution in [0.25, 0.3) is 0 Å². The van der Waals surface area contributed by atoms with Crippen molar-refractivity contribution in [2.24, 2.45) is 0 Å².